The summed E-state index contributed by atoms with van der Waals surface area (Å²) in [5.41, 5.74) is 3.06. The van der Waals surface area contributed by atoms with E-state index in [2.05, 4.69) is 0 Å². The third kappa shape index (κ3) is 1.04. The van der Waals surface area contributed by atoms with Crippen molar-refractivity contribution in [3.63, 3.8) is 0 Å². The van der Waals surface area contributed by atoms with Crippen LogP contribution in [0.5, 0.6) is 0 Å². The molecule has 2 heteroatoms. The number of ketones is 2. The zero-order valence-corrected chi connectivity index (χ0v) is 7.82. The van der Waals surface area contributed by atoms with Gasteiger partial charge in [0.2, 0.25) is 11.6 Å². The summed E-state index contributed by atoms with van der Waals surface area (Å²) in [6, 6.07) is 0. The number of hydrogen-bond donors (Lipinski definition) is 0. The van der Waals surface area contributed by atoms with E-state index < -0.39 is 0 Å². The first-order valence-electron chi connectivity index (χ1n) is 3.91. The van der Waals surface area contributed by atoms with Gasteiger partial charge in [-0.2, -0.15) is 0 Å². The molecule has 0 saturated carbocycles. The first-order valence-corrected chi connectivity index (χ1v) is 3.91. The summed E-state index contributed by atoms with van der Waals surface area (Å²) in [6.07, 6.45) is 0. The van der Waals surface area contributed by atoms with Crippen LogP contribution in [-0.2, 0) is 9.59 Å². The number of hydrogen-bond acceptors (Lipinski definition) is 2. The Morgan fingerprint density at radius 2 is 0.833 bits per heavy atom. The van der Waals surface area contributed by atoms with Crippen LogP contribution in [0.15, 0.2) is 22.3 Å². The maximum atomic E-state index is 11.2. The molecule has 0 atom stereocenters. The Labute approximate surface area is 72.0 Å². The zero-order valence-electron chi connectivity index (χ0n) is 7.82. The fourth-order valence-corrected chi connectivity index (χ4v) is 1.24. The largest absolute Gasteiger partial charge is 0.285 e. The van der Waals surface area contributed by atoms with Crippen molar-refractivity contribution in [3.05, 3.63) is 22.3 Å². The summed E-state index contributed by atoms with van der Waals surface area (Å²) in [5.74, 6) is -0.703. The standard InChI is InChI=1S/C10H12O2/c1-5-6(2)8(4)10(12)9(11)7(5)3/h1-4H3. The van der Waals surface area contributed by atoms with Crippen LogP contribution in [0.25, 0.3) is 0 Å². The molecule has 0 bridgehead atoms. The predicted octanol–water partition coefficient (Wildman–Crippen LogP) is 1.81. The van der Waals surface area contributed by atoms with Gasteiger partial charge in [0.25, 0.3) is 0 Å². The van der Waals surface area contributed by atoms with Crippen LogP contribution >= 0.6 is 0 Å². The van der Waals surface area contributed by atoms with E-state index in [4.69, 9.17) is 0 Å². The number of rotatable bonds is 0. The molecule has 0 amide bonds. The second kappa shape index (κ2) is 2.70. The van der Waals surface area contributed by atoms with E-state index in [0.29, 0.717) is 11.1 Å². The first-order chi connectivity index (χ1) is 5.46. The van der Waals surface area contributed by atoms with E-state index in [1.807, 2.05) is 13.8 Å². The van der Waals surface area contributed by atoms with Gasteiger partial charge < -0.3 is 0 Å². The van der Waals surface area contributed by atoms with Crippen LogP contribution < -0.4 is 0 Å². The highest BCUT2D eigenvalue weighted by atomic mass is 16.2. The Bertz CT molecular complexity index is 281. The topological polar surface area (TPSA) is 34.1 Å². The lowest BCUT2D eigenvalue weighted by Crippen LogP contribution is -2.22. The molecule has 1 rings (SSSR count). The lowest BCUT2D eigenvalue weighted by Gasteiger charge is -2.15. The summed E-state index contributed by atoms with van der Waals surface area (Å²) < 4.78 is 0. The third-order valence-corrected chi connectivity index (χ3v) is 2.57. The van der Waals surface area contributed by atoms with Gasteiger partial charge in [-0.1, -0.05) is 0 Å². The molecule has 0 aromatic heterocycles. The van der Waals surface area contributed by atoms with E-state index in [1.165, 1.54) is 0 Å². The molecule has 0 spiro atoms. The monoisotopic (exact) mass is 164 g/mol. The van der Waals surface area contributed by atoms with Gasteiger partial charge in [0.05, 0.1) is 0 Å². The summed E-state index contributed by atoms with van der Waals surface area (Å²) in [6.45, 7) is 7.15. The number of carbonyl (C=O) groups is 2. The number of carbonyl (C=O) groups excluding carboxylic acids is 2. The molecule has 0 radical (unpaired) electrons. The molecule has 0 fully saturated rings. The Balaban J connectivity index is 3.37. The van der Waals surface area contributed by atoms with Crippen molar-refractivity contribution in [2.75, 3.05) is 0 Å². The highest BCUT2D eigenvalue weighted by Crippen LogP contribution is 2.24. The normalized spacial score (nSPS) is 19.3. The van der Waals surface area contributed by atoms with Gasteiger partial charge in [-0.25, -0.2) is 0 Å². The molecule has 0 aromatic carbocycles. The number of Topliss-reactive ketones (excluding diaryl/α,β-unsaturated/α-hetero) is 2. The molecule has 2 nitrogen and oxygen atoms in total. The van der Waals surface area contributed by atoms with Crippen molar-refractivity contribution in [1.82, 2.24) is 0 Å². The Morgan fingerprint density at radius 3 is 1.08 bits per heavy atom. The van der Waals surface area contributed by atoms with Gasteiger partial charge >= 0.3 is 0 Å². The quantitative estimate of drug-likeness (QED) is 0.404. The van der Waals surface area contributed by atoms with Gasteiger partial charge in [0.15, 0.2) is 0 Å². The van der Waals surface area contributed by atoms with Crippen molar-refractivity contribution < 1.29 is 9.59 Å². The average molecular weight is 164 g/mol. The van der Waals surface area contributed by atoms with Crippen LogP contribution in [0.4, 0.5) is 0 Å². The molecule has 12 heavy (non-hydrogen) atoms. The van der Waals surface area contributed by atoms with Crippen molar-refractivity contribution in [1.29, 1.82) is 0 Å². The molecule has 1 aliphatic rings. The van der Waals surface area contributed by atoms with Crippen molar-refractivity contribution in [2.45, 2.75) is 27.7 Å². The minimum atomic E-state index is -0.351. The third-order valence-electron chi connectivity index (χ3n) is 2.57. The van der Waals surface area contributed by atoms with Gasteiger partial charge in [0, 0.05) is 11.1 Å². The second-order valence-electron chi connectivity index (χ2n) is 3.16. The maximum Gasteiger partial charge on any atom is 0.229 e. The zero-order chi connectivity index (χ0) is 9.46. The summed E-state index contributed by atoms with van der Waals surface area (Å²) in [5, 5.41) is 0. The highest BCUT2D eigenvalue weighted by molar-refractivity contribution is 6.50. The molecule has 0 N–H and O–H groups in total. The van der Waals surface area contributed by atoms with Crippen LogP contribution in [0, 0.1) is 0 Å². The molecule has 0 unspecified atom stereocenters. The van der Waals surface area contributed by atoms with Gasteiger partial charge in [-0.15, -0.1) is 0 Å². The van der Waals surface area contributed by atoms with Crippen molar-refractivity contribution in [2.24, 2.45) is 0 Å². The van der Waals surface area contributed by atoms with Gasteiger partial charge in [-0.3, -0.25) is 9.59 Å². The van der Waals surface area contributed by atoms with Crippen LogP contribution in [0.1, 0.15) is 27.7 Å². The molecular weight excluding hydrogens is 152 g/mol. The minimum absolute atomic E-state index is 0.351. The minimum Gasteiger partial charge on any atom is -0.285 e. The molecule has 0 saturated heterocycles. The van der Waals surface area contributed by atoms with E-state index >= 15 is 0 Å². The van der Waals surface area contributed by atoms with E-state index in [0.717, 1.165) is 11.1 Å². The Hall–Kier alpha value is -1.18. The van der Waals surface area contributed by atoms with E-state index in [-0.39, 0.29) is 11.6 Å². The predicted molar refractivity (Wildman–Crippen MR) is 46.8 cm³/mol. The van der Waals surface area contributed by atoms with Crippen LogP contribution in [0.3, 0.4) is 0 Å². The van der Waals surface area contributed by atoms with E-state index in [1.54, 1.807) is 13.8 Å². The first kappa shape index (κ1) is 8.91. The molecule has 64 valence electrons. The maximum absolute atomic E-state index is 11.2. The van der Waals surface area contributed by atoms with Gasteiger partial charge in [-0.05, 0) is 38.8 Å². The fourth-order valence-electron chi connectivity index (χ4n) is 1.24. The van der Waals surface area contributed by atoms with Crippen molar-refractivity contribution in [3.8, 4) is 0 Å². The SMILES string of the molecule is CC1=C(C)C(C)=C(C)C(=O)C1=O. The smallest absolute Gasteiger partial charge is 0.229 e. The molecule has 0 aromatic rings. The Kier molecular flexibility index (Phi) is 2.01. The summed E-state index contributed by atoms with van der Waals surface area (Å²) in [4.78, 5) is 22.5. The van der Waals surface area contributed by atoms with E-state index in [9.17, 15) is 9.59 Å². The van der Waals surface area contributed by atoms with Crippen LogP contribution in [0.2, 0.25) is 0 Å². The molecule has 0 aliphatic heterocycles. The van der Waals surface area contributed by atoms with Gasteiger partial charge in [0.1, 0.15) is 0 Å². The van der Waals surface area contributed by atoms with Crippen molar-refractivity contribution >= 4 is 11.6 Å². The lowest BCUT2D eigenvalue weighted by atomic mass is 9.87. The summed E-state index contributed by atoms with van der Waals surface area (Å²) >= 11 is 0. The Morgan fingerprint density at radius 1 is 0.583 bits per heavy atom. The lowest BCUT2D eigenvalue weighted by molar-refractivity contribution is -0.132. The fraction of sp³-hybridized carbons (Fsp3) is 0.400. The molecular formula is C10H12O2. The van der Waals surface area contributed by atoms with Crippen LogP contribution in [-0.4, -0.2) is 11.6 Å². The second-order valence-corrected chi connectivity index (χ2v) is 3.16. The highest BCUT2D eigenvalue weighted by Gasteiger charge is 2.25. The number of allylic oxidation sites excluding steroid dienone is 4. The average Bonchev–Trinajstić information content (AvgIpc) is 2.08. The molecule has 0 heterocycles. The summed E-state index contributed by atoms with van der Waals surface area (Å²) in [7, 11) is 0. The molecule has 1 aliphatic carbocycles.